The molecule has 0 fully saturated rings. The molecule has 2 aromatic heterocycles. The van der Waals surface area contributed by atoms with Crippen molar-refractivity contribution in [2.45, 2.75) is 26.6 Å². The average molecular weight is 419 g/mol. The Bertz CT molecular complexity index is 1070. The first kappa shape index (κ1) is 21.6. The van der Waals surface area contributed by atoms with Gasteiger partial charge in [-0.3, -0.25) is 9.48 Å². The van der Waals surface area contributed by atoms with Crippen LogP contribution in [0.5, 0.6) is 0 Å². The standard InChI is InChI=1S/C21H24F3N5O/c1-13-10-17(18-14(2)26-28(5)19(18)25-13)20(30)29(12-21(22,23)24)11-15-6-8-16(9-7-15)27(3)4/h6-10H,11-12H2,1-5H3. The third-order valence-corrected chi connectivity index (χ3v) is 4.81. The summed E-state index contributed by atoms with van der Waals surface area (Å²) in [6.45, 7) is 1.91. The van der Waals surface area contributed by atoms with Gasteiger partial charge in [0.05, 0.1) is 16.6 Å². The van der Waals surface area contributed by atoms with Crippen LogP contribution in [0, 0.1) is 13.8 Å². The van der Waals surface area contributed by atoms with Gasteiger partial charge in [0.25, 0.3) is 5.91 Å². The predicted molar refractivity (Wildman–Crippen MR) is 110 cm³/mol. The molecule has 30 heavy (non-hydrogen) atoms. The molecule has 0 saturated heterocycles. The summed E-state index contributed by atoms with van der Waals surface area (Å²) < 4.78 is 41.4. The molecule has 1 amide bonds. The number of alkyl halides is 3. The van der Waals surface area contributed by atoms with Crippen LogP contribution in [0.2, 0.25) is 0 Å². The fourth-order valence-corrected chi connectivity index (χ4v) is 3.44. The van der Waals surface area contributed by atoms with Crippen molar-refractivity contribution in [3.8, 4) is 0 Å². The first-order chi connectivity index (χ1) is 14.0. The van der Waals surface area contributed by atoms with Gasteiger partial charge in [0.2, 0.25) is 0 Å². The molecular formula is C21H24F3N5O. The Morgan fingerprint density at radius 3 is 2.33 bits per heavy atom. The number of hydrogen-bond donors (Lipinski definition) is 0. The molecule has 0 N–H and O–H groups in total. The van der Waals surface area contributed by atoms with Crippen LogP contribution in [0.3, 0.4) is 0 Å². The van der Waals surface area contributed by atoms with Crippen molar-refractivity contribution < 1.29 is 18.0 Å². The topological polar surface area (TPSA) is 54.3 Å². The van der Waals surface area contributed by atoms with E-state index in [0.29, 0.717) is 28.0 Å². The average Bonchev–Trinajstić information content (AvgIpc) is 2.93. The Kier molecular flexibility index (Phi) is 5.74. The summed E-state index contributed by atoms with van der Waals surface area (Å²) in [7, 11) is 5.44. The van der Waals surface area contributed by atoms with Gasteiger partial charge in [-0.15, -0.1) is 0 Å². The second-order valence-electron chi connectivity index (χ2n) is 7.56. The van der Waals surface area contributed by atoms with Gasteiger partial charge in [0.1, 0.15) is 6.54 Å². The van der Waals surface area contributed by atoms with Gasteiger partial charge in [0.15, 0.2) is 5.65 Å². The highest BCUT2D eigenvalue weighted by molar-refractivity contribution is 6.06. The van der Waals surface area contributed by atoms with Gasteiger partial charge in [-0.05, 0) is 37.6 Å². The Labute approximate surface area is 172 Å². The minimum Gasteiger partial charge on any atom is -0.378 e. The van der Waals surface area contributed by atoms with E-state index < -0.39 is 18.6 Å². The summed E-state index contributed by atoms with van der Waals surface area (Å²) in [5, 5.41) is 4.75. The SMILES string of the molecule is Cc1cc(C(=O)N(Cc2ccc(N(C)C)cc2)CC(F)(F)F)c2c(C)nn(C)c2n1. The molecule has 0 aliphatic carbocycles. The molecule has 2 heterocycles. The number of anilines is 1. The lowest BCUT2D eigenvalue weighted by atomic mass is 10.1. The van der Waals surface area contributed by atoms with E-state index in [9.17, 15) is 18.0 Å². The van der Waals surface area contributed by atoms with Crippen LogP contribution in [0.15, 0.2) is 30.3 Å². The number of nitrogens with zero attached hydrogens (tertiary/aromatic N) is 5. The Morgan fingerprint density at radius 1 is 1.13 bits per heavy atom. The molecule has 0 aliphatic heterocycles. The maximum atomic E-state index is 13.3. The highest BCUT2D eigenvalue weighted by atomic mass is 19.4. The summed E-state index contributed by atoms with van der Waals surface area (Å²) in [6, 6.07) is 8.61. The number of aromatic nitrogens is 3. The molecule has 0 atom stereocenters. The van der Waals surface area contributed by atoms with E-state index >= 15 is 0 Å². The second-order valence-corrected chi connectivity index (χ2v) is 7.56. The molecule has 160 valence electrons. The molecule has 0 bridgehead atoms. The minimum atomic E-state index is -4.52. The van der Waals surface area contributed by atoms with Gasteiger partial charge in [-0.2, -0.15) is 18.3 Å². The summed E-state index contributed by atoms with van der Waals surface area (Å²) in [4.78, 5) is 20.4. The zero-order chi connectivity index (χ0) is 22.2. The number of benzene rings is 1. The van der Waals surface area contributed by atoms with E-state index in [1.54, 1.807) is 33.0 Å². The fourth-order valence-electron chi connectivity index (χ4n) is 3.44. The van der Waals surface area contributed by atoms with Crippen molar-refractivity contribution >= 4 is 22.6 Å². The van der Waals surface area contributed by atoms with Crippen molar-refractivity contribution in [3.63, 3.8) is 0 Å². The van der Waals surface area contributed by atoms with E-state index in [2.05, 4.69) is 10.1 Å². The van der Waals surface area contributed by atoms with Crippen molar-refractivity contribution in [1.82, 2.24) is 19.7 Å². The summed E-state index contributed by atoms with van der Waals surface area (Å²) in [5.74, 6) is -0.699. The van der Waals surface area contributed by atoms with Crippen molar-refractivity contribution in [2.24, 2.45) is 7.05 Å². The van der Waals surface area contributed by atoms with E-state index in [4.69, 9.17) is 0 Å². The number of carbonyl (C=O) groups excluding carboxylic acids is 1. The molecule has 3 rings (SSSR count). The van der Waals surface area contributed by atoms with Crippen LogP contribution in [-0.4, -0.2) is 52.4 Å². The maximum absolute atomic E-state index is 13.3. The Hall–Kier alpha value is -3.10. The van der Waals surface area contributed by atoms with Gasteiger partial charge in [0, 0.05) is 39.1 Å². The molecule has 3 aromatic rings. The smallest absolute Gasteiger partial charge is 0.378 e. The number of carbonyl (C=O) groups is 1. The number of fused-ring (bicyclic) bond motifs is 1. The molecule has 9 heteroatoms. The molecule has 0 saturated carbocycles. The van der Waals surface area contributed by atoms with Gasteiger partial charge >= 0.3 is 6.18 Å². The molecule has 1 aromatic carbocycles. The van der Waals surface area contributed by atoms with Gasteiger partial charge in [-0.1, -0.05) is 12.1 Å². The quantitative estimate of drug-likeness (QED) is 0.630. The number of hydrogen-bond acceptors (Lipinski definition) is 4. The van der Waals surface area contributed by atoms with Crippen molar-refractivity contribution in [3.05, 3.63) is 52.8 Å². The van der Waals surface area contributed by atoms with Crippen LogP contribution in [0.4, 0.5) is 18.9 Å². The number of aryl methyl sites for hydroxylation is 3. The summed E-state index contributed by atoms with van der Waals surface area (Å²) in [5.41, 5.74) is 3.27. The highest BCUT2D eigenvalue weighted by Gasteiger charge is 2.34. The zero-order valence-electron chi connectivity index (χ0n) is 17.6. The Morgan fingerprint density at radius 2 is 1.77 bits per heavy atom. The van der Waals surface area contributed by atoms with E-state index in [0.717, 1.165) is 10.6 Å². The van der Waals surface area contributed by atoms with Crippen LogP contribution < -0.4 is 4.90 Å². The third-order valence-electron chi connectivity index (χ3n) is 4.81. The van der Waals surface area contributed by atoms with Gasteiger partial charge < -0.3 is 9.80 Å². The van der Waals surface area contributed by atoms with Crippen molar-refractivity contribution in [2.75, 3.05) is 25.5 Å². The predicted octanol–water partition coefficient (Wildman–Crippen LogP) is 3.86. The van der Waals surface area contributed by atoms with E-state index in [-0.39, 0.29) is 12.1 Å². The molecule has 0 spiro atoms. The van der Waals surface area contributed by atoms with Crippen molar-refractivity contribution in [1.29, 1.82) is 0 Å². The largest absolute Gasteiger partial charge is 0.406 e. The zero-order valence-corrected chi connectivity index (χ0v) is 17.6. The molecular weight excluding hydrogens is 395 g/mol. The first-order valence-electron chi connectivity index (χ1n) is 9.39. The van der Waals surface area contributed by atoms with Crippen LogP contribution >= 0.6 is 0 Å². The molecule has 0 unspecified atom stereocenters. The normalized spacial score (nSPS) is 11.7. The lowest BCUT2D eigenvalue weighted by molar-refractivity contribution is -0.141. The maximum Gasteiger partial charge on any atom is 0.406 e. The summed E-state index contributed by atoms with van der Waals surface area (Å²) in [6.07, 6.45) is -4.52. The lowest BCUT2D eigenvalue weighted by Gasteiger charge is -2.25. The molecule has 0 radical (unpaired) electrons. The van der Waals surface area contributed by atoms with E-state index in [1.807, 2.05) is 31.1 Å². The van der Waals surface area contributed by atoms with E-state index in [1.165, 1.54) is 10.7 Å². The summed E-state index contributed by atoms with van der Waals surface area (Å²) >= 11 is 0. The number of halogens is 3. The third kappa shape index (κ3) is 4.55. The highest BCUT2D eigenvalue weighted by Crippen LogP contribution is 2.26. The first-order valence-corrected chi connectivity index (χ1v) is 9.39. The van der Waals surface area contributed by atoms with Crippen LogP contribution in [0.25, 0.3) is 11.0 Å². The van der Waals surface area contributed by atoms with Crippen LogP contribution in [0.1, 0.15) is 27.3 Å². The monoisotopic (exact) mass is 419 g/mol. The molecule has 0 aliphatic rings. The number of pyridine rings is 1. The van der Waals surface area contributed by atoms with Crippen LogP contribution in [-0.2, 0) is 13.6 Å². The number of amides is 1. The number of rotatable bonds is 5. The lowest BCUT2D eigenvalue weighted by Crippen LogP contribution is -2.38. The second kappa shape index (κ2) is 7.97. The fraction of sp³-hybridized carbons (Fsp3) is 0.381. The molecule has 6 nitrogen and oxygen atoms in total. The van der Waals surface area contributed by atoms with Gasteiger partial charge in [-0.25, -0.2) is 4.98 Å². The Balaban J connectivity index is 2.02. The minimum absolute atomic E-state index is 0.159.